The van der Waals surface area contributed by atoms with Gasteiger partial charge in [0.15, 0.2) is 0 Å². The highest BCUT2D eigenvalue weighted by Gasteiger charge is 2.46. The zero-order chi connectivity index (χ0) is 19.9. The van der Waals surface area contributed by atoms with E-state index in [1.807, 2.05) is 0 Å². The van der Waals surface area contributed by atoms with Crippen molar-refractivity contribution in [3.05, 3.63) is 53.3 Å². The molecule has 2 N–H and O–H groups in total. The summed E-state index contributed by atoms with van der Waals surface area (Å²) in [5.74, 6) is -0.661. The average molecular weight is 387 g/mol. The number of ether oxygens (including phenoxy) is 1. The Balaban J connectivity index is 1.70. The third kappa shape index (κ3) is 3.46. The summed E-state index contributed by atoms with van der Waals surface area (Å²) in [4.78, 5) is 2.21. The van der Waals surface area contributed by atoms with Crippen LogP contribution in [0.4, 0.5) is 13.2 Å². The molecule has 1 aliphatic carbocycles. The molecule has 0 aromatic heterocycles. The number of halogens is 3. The van der Waals surface area contributed by atoms with Gasteiger partial charge in [0, 0.05) is 35.8 Å². The maximum absolute atomic E-state index is 14.1. The Morgan fingerprint density at radius 2 is 2.14 bits per heavy atom. The van der Waals surface area contributed by atoms with E-state index in [9.17, 15) is 13.2 Å². The number of hydrogen-bond donors (Lipinski definition) is 1. The normalized spacial score (nSPS) is 23.9. The van der Waals surface area contributed by atoms with Crippen molar-refractivity contribution in [1.29, 1.82) is 5.26 Å². The lowest BCUT2D eigenvalue weighted by atomic mass is 9.98. The van der Waals surface area contributed by atoms with Crippen LogP contribution in [-0.4, -0.2) is 29.6 Å². The third-order valence-electron chi connectivity index (χ3n) is 5.73. The van der Waals surface area contributed by atoms with Crippen LogP contribution in [0, 0.1) is 17.1 Å². The van der Waals surface area contributed by atoms with E-state index in [0.29, 0.717) is 29.3 Å². The van der Waals surface area contributed by atoms with Crippen LogP contribution < -0.4 is 10.5 Å². The Hall–Kier alpha value is -2.56. The minimum Gasteiger partial charge on any atom is -0.434 e. The van der Waals surface area contributed by atoms with Gasteiger partial charge in [-0.1, -0.05) is 24.3 Å². The van der Waals surface area contributed by atoms with Gasteiger partial charge in [-0.05, 0) is 37.0 Å². The Morgan fingerprint density at radius 3 is 2.75 bits per heavy atom. The van der Waals surface area contributed by atoms with Crippen LogP contribution in [0.5, 0.6) is 5.75 Å². The van der Waals surface area contributed by atoms with Crippen molar-refractivity contribution in [2.45, 2.75) is 44.0 Å². The van der Waals surface area contributed by atoms with Gasteiger partial charge in [-0.3, -0.25) is 4.90 Å². The number of hydrogen-bond acceptors (Lipinski definition) is 4. The number of likely N-dealkylation sites (tertiary alicyclic amines) is 1. The minimum atomic E-state index is -3.00. The summed E-state index contributed by atoms with van der Waals surface area (Å²) in [6, 6.07) is 11.2. The zero-order valence-electron chi connectivity index (χ0n) is 15.2. The first-order valence-electron chi connectivity index (χ1n) is 9.18. The largest absolute Gasteiger partial charge is 0.434 e. The van der Waals surface area contributed by atoms with Crippen molar-refractivity contribution in [2.75, 3.05) is 6.54 Å². The summed E-state index contributed by atoms with van der Waals surface area (Å²) in [7, 11) is 0. The molecule has 4 nitrogen and oxygen atoms in total. The van der Waals surface area contributed by atoms with Crippen molar-refractivity contribution in [3.8, 4) is 22.9 Å². The fraction of sp³-hybridized carbons (Fsp3) is 0.381. The predicted molar refractivity (Wildman–Crippen MR) is 98.2 cm³/mol. The van der Waals surface area contributed by atoms with Gasteiger partial charge in [0.1, 0.15) is 17.6 Å². The molecule has 4 rings (SSSR count). The molecule has 2 bridgehead atoms. The Morgan fingerprint density at radius 1 is 1.32 bits per heavy atom. The lowest BCUT2D eigenvalue weighted by Gasteiger charge is -2.30. The number of fused-ring (bicyclic) bond motifs is 2. The number of nitrogens with zero attached hydrogens (tertiary/aromatic N) is 2. The van der Waals surface area contributed by atoms with Crippen LogP contribution in [0.15, 0.2) is 36.4 Å². The molecule has 7 heteroatoms. The van der Waals surface area contributed by atoms with E-state index in [2.05, 4.69) is 4.90 Å². The number of alkyl halides is 2. The van der Waals surface area contributed by atoms with Crippen LogP contribution in [0.25, 0.3) is 11.1 Å². The van der Waals surface area contributed by atoms with Crippen molar-refractivity contribution < 1.29 is 17.9 Å². The fourth-order valence-corrected chi connectivity index (χ4v) is 4.46. The van der Waals surface area contributed by atoms with E-state index in [1.54, 1.807) is 24.3 Å². The molecule has 2 atom stereocenters. The standard InChI is InChI=1S/C21H20F3N3O/c22-18-8-13(4-5-14(18)10-25)17-3-1-2-15(19(17)28-20(23)24)11-27-12-21(26)7-6-16(27)9-21/h1-5,8,16,20H,6-7,9,11-12,26H2/t16-,21-/m0/s1. The van der Waals surface area contributed by atoms with E-state index in [0.717, 1.165) is 25.8 Å². The van der Waals surface area contributed by atoms with Crippen LogP contribution in [0.1, 0.15) is 30.4 Å². The molecule has 0 spiro atoms. The Kier molecular flexibility index (Phi) is 4.77. The summed E-state index contributed by atoms with van der Waals surface area (Å²) in [6.45, 7) is -1.83. The van der Waals surface area contributed by atoms with Gasteiger partial charge in [0.25, 0.3) is 0 Å². The number of nitriles is 1. The smallest absolute Gasteiger partial charge is 0.387 e. The fourth-order valence-electron chi connectivity index (χ4n) is 4.46. The molecule has 1 heterocycles. The molecular weight excluding hydrogens is 367 g/mol. The molecular formula is C21H20F3N3O. The molecule has 2 aromatic carbocycles. The number of nitrogens with two attached hydrogens (primary N) is 1. The number of para-hydroxylation sites is 1. The molecule has 0 radical (unpaired) electrons. The van der Waals surface area contributed by atoms with Gasteiger partial charge in [-0.25, -0.2) is 4.39 Å². The molecule has 0 amide bonds. The van der Waals surface area contributed by atoms with E-state index in [-0.39, 0.29) is 16.9 Å². The van der Waals surface area contributed by atoms with E-state index in [4.69, 9.17) is 15.7 Å². The second kappa shape index (κ2) is 7.12. The van der Waals surface area contributed by atoms with Crippen LogP contribution in [-0.2, 0) is 6.54 Å². The van der Waals surface area contributed by atoms with Gasteiger partial charge >= 0.3 is 6.61 Å². The molecule has 2 aliphatic rings. The maximum Gasteiger partial charge on any atom is 0.387 e. The van der Waals surface area contributed by atoms with Crippen molar-refractivity contribution >= 4 is 0 Å². The SMILES string of the molecule is N#Cc1ccc(-c2cccc(CN3C[C@]4(N)CC[C@H]3C4)c2OC(F)F)cc1F. The number of piperidine rings is 1. The number of rotatable bonds is 5. The molecule has 1 aliphatic heterocycles. The first-order chi connectivity index (χ1) is 13.4. The van der Waals surface area contributed by atoms with Gasteiger partial charge in [0.05, 0.1) is 5.56 Å². The highest BCUT2D eigenvalue weighted by atomic mass is 19.3. The van der Waals surface area contributed by atoms with Crippen molar-refractivity contribution in [3.63, 3.8) is 0 Å². The Labute approximate surface area is 161 Å². The second-order valence-electron chi connectivity index (χ2n) is 7.64. The van der Waals surface area contributed by atoms with E-state index < -0.39 is 12.4 Å². The minimum absolute atomic E-state index is 0.0375. The highest BCUT2D eigenvalue weighted by Crippen LogP contribution is 2.42. The van der Waals surface area contributed by atoms with Gasteiger partial charge in [0.2, 0.25) is 0 Å². The third-order valence-corrected chi connectivity index (χ3v) is 5.73. The maximum atomic E-state index is 14.1. The lowest BCUT2D eigenvalue weighted by Crippen LogP contribution is -2.44. The van der Waals surface area contributed by atoms with Crippen molar-refractivity contribution in [1.82, 2.24) is 4.90 Å². The summed E-state index contributed by atoms with van der Waals surface area (Å²) < 4.78 is 45.2. The second-order valence-corrected chi connectivity index (χ2v) is 7.64. The van der Waals surface area contributed by atoms with Crippen molar-refractivity contribution in [2.24, 2.45) is 5.73 Å². The average Bonchev–Trinajstić information content (AvgIpc) is 3.18. The van der Waals surface area contributed by atoms with Crippen LogP contribution in [0.2, 0.25) is 0 Å². The van der Waals surface area contributed by atoms with Crippen LogP contribution in [0.3, 0.4) is 0 Å². The molecule has 1 saturated heterocycles. The quantitative estimate of drug-likeness (QED) is 0.841. The molecule has 1 saturated carbocycles. The first kappa shape index (κ1) is 18.8. The van der Waals surface area contributed by atoms with Gasteiger partial charge < -0.3 is 10.5 Å². The lowest BCUT2D eigenvalue weighted by molar-refractivity contribution is -0.0504. The molecule has 0 unspecified atom stereocenters. The Bertz CT molecular complexity index is 943. The van der Waals surface area contributed by atoms with Crippen LogP contribution >= 0.6 is 0 Å². The topological polar surface area (TPSA) is 62.3 Å². The molecule has 2 aromatic rings. The van der Waals surface area contributed by atoms with Gasteiger partial charge in [-0.15, -0.1) is 0 Å². The zero-order valence-corrected chi connectivity index (χ0v) is 15.2. The monoisotopic (exact) mass is 387 g/mol. The van der Waals surface area contributed by atoms with E-state index in [1.165, 1.54) is 18.2 Å². The highest BCUT2D eigenvalue weighted by molar-refractivity contribution is 5.73. The summed E-state index contributed by atoms with van der Waals surface area (Å²) in [6.07, 6.45) is 2.90. The molecule has 146 valence electrons. The van der Waals surface area contributed by atoms with Gasteiger partial charge in [-0.2, -0.15) is 14.0 Å². The first-order valence-corrected chi connectivity index (χ1v) is 9.18. The number of benzene rings is 2. The molecule has 2 fully saturated rings. The summed E-state index contributed by atoms with van der Waals surface area (Å²) in [5.41, 5.74) is 7.44. The van der Waals surface area contributed by atoms with E-state index >= 15 is 0 Å². The molecule has 28 heavy (non-hydrogen) atoms. The summed E-state index contributed by atoms with van der Waals surface area (Å²) in [5, 5.41) is 8.90. The summed E-state index contributed by atoms with van der Waals surface area (Å²) >= 11 is 0. The predicted octanol–water partition coefficient (Wildman–Crippen LogP) is 4.03.